The van der Waals surface area contributed by atoms with Gasteiger partial charge >= 0.3 is 0 Å². The molecule has 1 atom stereocenters. The molecule has 0 radical (unpaired) electrons. The van der Waals surface area contributed by atoms with Gasteiger partial charge in [0.25, 0.3) is 11.5 Å². The van der Waals surface area contributed by atoms with Crippen molar-refractivity contribution in [3.63, 3.8) is 0 Å². The number of aromatic nitrogens is 2. The van der Waals surface area contributed by atoms with Crippen molar-refractivity contribution in [1.82, 2.24) is 14.0 Å². The van der Waals surface area contributed by atoms with Gasteiger partial charge in [-0.05, 0) is 43.5 Å². The van der Waals surface area contributed by atoms with Crippen LogP contribution < -0.4 is 10.5 Å². The molecular formula is C29H34N4O2. The molecule has 0 unspecified atom stereocenters. The number of rotatable bonds is 4. The van der Waals surface area contributed by atoms with Crippen LogP contribution in [0.2, 0.25) is 0 Å². The number of hydrogen-bond donors (Lipinski definition) is 0. The van der Waals surface area contributed by atoms with Crippen LogP contribution in [0.1, 0.15) is 36.7 Å². The van der Waals surface area contributed by atoms with Gasteiger partial charge in [0.1, 0.15) is 5.52 Å². The number of hydrogen-bond acceptors (Lipinski definition) is 3. The Bertz CT molecular complexity index is 1480. The summed E-state index contributed by atoms with van der Waals surface area (Å²) in [5, 5.41) is 1.72. The summed E-state index contributed by atoms with van der Waals surface area (Å²) in [5.41, 5.74) is 4.58. The molecule has 1 fully saturated rings. The first-order chi connectivity index (χ1) is 16.8. The van der Waals surface area contributed by atoms with Gasteiger partial charge in [-0.25, -0.2) is 0 Å². The van der Waals surface area contributed by atoms with Crippen LogP contribution in [0.15, 0.2) is 59.5 Å². The van der Waals surface area contributed by atoms with Crippen molar-refractivity contribution in [2.24, 2.45) is 13.0 Å². The summed E-state index contributed by atoms with van der Waals surface area (Å²) in [6.45, 7) is 11.1. The second-order valence-electron chi connectivity index (χ2n) is 10.3. The molecule has 2 aromatic carbocycles. The minimum atomic E-state index is -0.0402. The molecule has 1 aliphatic heterocycles. The molecule has 1 saturated heterocycles. The lowest BCUT2D eigenvalue weighted by molar-refractivity contribution is 0.0727. The molecule has 0 bridgehead atoms. The van der Waals surface area contributed by atoms with E-state index in [1.807, 2.05) is 40.8 Å². The minimum Gasteiger partial charge on any atom is -0.365 e. The van der Waals surface area contributed by atoms with Crippen molar-refractivity contribution in [2.75, 3.05) is 24.5 Å². The highest BCUT2D eigenvalue weighted by Gasteiger charge is 2.30. The van der Waals surface area contributed by atoms with E-state index in [-0.39, 0.29) is 17.5 Å². The van der Waals surface area contributed by atoms with Crippen LogP contribution in [0.25, 0.3) is 21.8 Å². The van der Waals surface area contributed by atoms with E-state index >= 15 is 0 Å². The van der Waals surface area contributed by atoms with E-state index in [4.69, 9.17) is 0 Å². The molecule has 4 aromatic rings. The Morgan fingerprint density at radius 1 is 1.09 bits per heavy atom. The summed E-state index contributed by atoms with van der Waals surface area (Å²) < 4.78 is 3.67. The lowest BCUT2D eigenvalue weighted by Gasteiger charge is -2.41. The Labute approximate surface area is 206 Å². The first-order valence-electron chi connectivity index (χ1n) is 12.5. The minimum absolute atomic E-state index is 0.000369. The number of pyridine rings is 1. The molecule has 0 saturated carbocycles. The van der Waals surface area contributed by atoms with Gasteiger partial charge in [-0.15, -0.1) is 0 Å². The Morgan fingerprint density at radius 3 is 2.57 bits per heavy atom. The quantitative estimate of drug-likeness (QED) is 0.430. The molecule has 6 nitrogen and oxygen atoms in total. The van der Waals surface area contributed by atoms with E-state index in [2.05, 4.69) is 56.9 Å². The van der Waals surface area contributed by atoms with Crippen LogP contribution in [0.4, 0.5) is 5.69 Å². The van der Waals surface area contributed by atoms with Crippen LogP contribution in [-0.4, -0.2) is 45.6 Å². The molecule has 5 rings (SSSR count). The zero-order valence-corrected chi connectivity index (χ0v) is 21.3. The highest BCUT2D eigenvalue weighted by atomic mass is 16.2. The topological polar surface area (TPSA) is 50.5 Å². The van der Waals surface area contributed by atoms with E-state index in [0.717, 1.165) is 22.8 Å². The second kappa shape index (κ2) is 8.91. The molecule has 1 aliphatic rings. The monoisotopic (exact) mass is 470 g/mol. The second-order valence-corrected chi connectivity index (χ2v) is 10.3. The van der Waals surface area contributed by atoms with Crippen molar-refractivity contribution in [1.29, 1.82) is 0 Å². The first kappa shape index (κ1) is 23.2. The Balaban J connectivity index is 1.57. The van der Waals surface area contributed by atoms with Gasteiger partial charge in [0, 0.05) is 67.4 Å². The number of fused-ring (bicyclic) bond motifs is 3. The van der Waals surface area contributed by atoms with E-state index in [1.54, 1.807) is 10.8 Å². The van der Waals surface area contributed by atoms with Crippen LogP contribution in [0.5, 0.6) is 0 Å². The number of anilines is 1. The fourth-order valence-electron chi connectivity index (χ4n) is 5.53. The lowest BCUT2D eigenvalue weighted by atomic mass is 10.1. The number of aryl methyl sites for hydroxylation is 2. The van der Waals surface area contributed by atoms with Crippen molar-refractivity contribution in [3.8, 4) is 0 Å². The summed E-state index contributed by atoms with van der Waals surface area (Å²) in [4.78, 5) is 31.9. The van der Waals surface area contributed by atoms with E-state index < -0.39 is 0 Å². The van der Waals surface area contributed by atoms with Gasteiger partial charge in [-0.2, -0.15) is 0 Å². The third kappa shape index (κ3) is 4.01. The van der Waals surface area contributed by atoms with Crippen molar-refractivity contribution in [3.05, 3.63) is 76.2 Å². The predicted octanol–water partition coefficient (Wildman–Crippen LogP) is 4.81. The summed E-state index contributed by atoms with van der Waals surface area (Å²) in [7, 11) is 1.92. The van der Waals surface area contributed by atoms with Crippen LogP contribution in [0.3, 0.4) is 0 Å². The molecule has 1 amide bonds. The zero-order valence-electron chi connectivity index (χ0n) is 21.3. The fourth-order valence-corrected chi connectivity index (χ4v) is 5.53. The zero-order chi connectivity index (χ0) is 24.9. The average molecular weight is 471 g/mol. The van der Waals surface area contributed by atoms with Gasteiger partial charge in [0.2, 0.25) is 0 Å². The number of carbonyl (C=O) groups excluding carboxylic acids is 1. The summed E-state index contributed by atoms with van der Waals surface area (Å²) in [6, 6.07) is 16.7. The third-order valence-electron chi connectivity index (χ3n) is 7.16. The maximum Gasteiger partial charge on any atom is 0.275 e. The number of piperazine rings is 1. The number of para-hydroxylation sites is 1. The van der Waals surface area contributed by atoms with Gasteiger partial charge in [0.15, 0.2) is 0 Å². The highest BCUT2D eigenvalue weighted by molar-refractivity contribution is 6.17. The Morgan fingerprint density at radius 2 is 1.86 bits per heavy atom. The third-order valence-corrected chi connectivity index (χ3v) is 7.16. The van der Waals surface area contributed by atoms with Gasteiger partial charge < -0.3 is 18.9 Å². The summed E-state index contributed by atoms with van der Waals surface area (Å²) in [6.07, 6.45) is 1.80. The Hall–Kier alpha value is -3.54. The highest BCUT2D eigenvalue weighted by Crippen LogP contribution is 2.30. The summed E-state index contributed by atoms with van der Waals surface area (Å²) >= 11 is 0. The van der Waals surface area contributed by atoms with Crippen molar-refractivity contribution < 1.29 is 4.79 Å². The first-order valence-corrected chi connectivity index (χ1v) is 12.5. The molecule has 35 heavy (non-hydrogen) atoms. The summed E-state index contributed by atoms with van der Waals surface area (Å²) in [5.74, 6) is 0.292. The van der Waals surface area contributed by atoms with Crippen molar-refractivity contribution >= 4 is 33.4 Å². The standard InChI is InChI=1S/C29H34N4O2/c1-19(2)16-32-18-24(26-23-11-6-7-12-25(23)30(5)27(26)29(32)35)28(34)31-13-14-33(21(4)17-31)22-10-8-9-20(3)15-22/h6-12,15,18-19,21H,13-14,16-17H2,1-5H3/t21-/m0/s1. The van der Waals surface area contributed by atoms with E-state index in [0.29, 0.717) is 36.6 Å². The maximum absolute atomic E-state index is 14.0. The largest absolute Gasteiger partial charge is 0.365 e. The van der Waals surface area contributed by atoms with Crippen molar-refractivity contribution in [2.45, 2.75) is 40.3 Å². The van der Waals surface area contributed by atoms with Crippen LogP contribution in [-0.2, 0) is 13.6 Å². The number of nitrogens with zero attached hydrogens (tertiary/aromatic N) is 4. The SMILES string of the molecule is Cc1cccc(N2CCN(C(=O)c3cn(CC(C)C)c(=O)c4c3c3ccccc3n4C)C[C@@H]2C)c1. The molecule has 182 valence electrons. The van der Waals surface area contributed by atoms with Gasteiger partial charge in [-0.1, -0.05) is 44.2 Å². The fraction of sp³-hybridized carbons (Fsp3) is 0.379. The number of carbonyl (C=O) groups is 1. The normalized spacial score (nSPS) is 16.6. The molecule has 0 N–H and O–H groups in total. The predicted molar refractivity (Wildman–Crippen MR) is 143 cm³/mol. The number of amides is 1. The molecule has 0 aliphatic carbocycles. The van der Waals surface area contributed by atoms with Gasteiger partial charge in [0.05, 0.1) is 5.56 Å². The smallest absolute Gasteiger partial charge is 0.275 e. The molecule has 3 heterocycles. The molecule has 0 spiro atoms. The lowest BCUT2D eigenvalue weighted by Crippen LogP contribution is -2.54. The van der Waals surface area contributed by atoms with Gasteiger partial charge in [-0.3, -0.25) is 9.59 Å². The van der Waals surface area contributed by atoms with Crippen LogP contribution >= 0.6 is 0 Å². The maximum atomic E-state index is 14.0. The average Bonchev–Trinajstić information content (AvgIpc) is 3.13. The van der Waals surface area contributed by atoms with E-state index in [1.165, 1.54) is 11.3 Å². The van der Waals surface area contributed by atoms with E-state index in [9.17, 15) is 9.59 Å². The number of benzene rings is 2. The molecule has 2 aromatic heterocycles. The van der Waals surface area contributed by atoms with Crippen LogP contribution in [0, 0.1) is 12.8 Å². The molecular weight excluding hydrogens is 436 g/mol. The Kier molecular flexibility index (Phi) is 5.91. The molecule has 6 heteroatoms.